The first-order valence-electron chi connectivity index (χ1n) is 3.88. The normalized spacial score (nSPS) is 43.2. The van der Waals surface area contributed by atoms with Crippen LogP contribution in [0.2, 0.25) is 0 Å². The maximum absolute atomic E-state index is 2.35. The van der Waals surface area contributed by atoms with Gasteiger partial charge in [0, 0.05) is 0 Å². The molecule has 0 aromatic heterocycles. The zero-order chi connectivity index (χ0) is 6.85. The number of allylic oxidation sites excluding steroid dienone is 2. The fourth-order valence-electron chi connectivity index (χ4n) is 1.43. The molecule has 1 aliphatic rings. The van der Waals surface area contributed by atoms with E-state index in [2.05, 4.69) is 32.9 Å². The lowest BCUT2D eigenvalue weighted by Crippen LogP contribution is -2.13. The quantitative estimate of drug-likeness (QED) is 0.435. The third kappa shape index (κ3) is 1.57. The fourth-order valence-corrected chi connectivity index (χ4v) is 1.43. The molecular weight excluding hydrogens is 108 g/mol. The second-order valence-electron chi connectivity index (χ2n) is 3.43. The Morgan fingerprint density at radius 2 is 1.78 bits per heavy atom. The van der Waals surface area contributed by atoms with Gasteiger partial charge in [0.25, 0.3) is 0 Å². The van der Waals surface area contributed by atoms with Gasteiger partial charge in [0.05, 0.1) is 0 Å². The Balaban J connectivity index is 2.54. The molecule has 3 atom stereocenters. The van der Waals surface area contributed by atoms with Gasteiger partial charge in [-0.15, -0.1) is 0 Å². The van der Waals surface area contributed by atoms with Gasteiger partial charge in [-0.1, -0.05) is 32.9 Å². The van der Waals surface area contributed by atoms with Gasteiger partial charge in [-0.3, -0.25) is 0 Å². The molecular formula is C9H16. The summed E-state index contributed by atoms with van der Waals surface area (Å²) in [7, 11) is 0. The molecule has 0 bridgehead atoms. The fraction of sp³-hybridized carbons (Fsp3) is 0.778. The van der Waals surface area contributed by atoms with Crippen molar-refractivity contribution in [3.05, 3.63) is 12.2 Å². The van der Waals surface area contributed by atoms with Crippen LogP contribution in [0.15, 0.2) is 12.2 Å². The van der Waals surface area contributed by atoms with Crippen molar-refractivity contribution in [1.82, 2.24) is 0 Å². The highest BCUT2D eigenvalue weighted by Crippen LogP contribution is 2.26. The molecule has 1 rings (SSSR count). The maximum Gasteiger partial charge on any atom is -0.0236 e. The Morgan fingerprint density at radius 3 is 2.22 bits per heavy atom. The van der Waals surface area contributed by atoms with Crippen LogP contribution in [-0.4, -0.2) is 0 Å². The first kappa shape index (κ1) is 6.85. The van der Waals surface area contributed by atoms with E-state index in [-0.39, 0.29) is 0 Å². The summed E-state index contributed by atoms with van der Waals surface area (Å²) in [5.41, 5.74) is 0. The second kappa shape index (κ2) is 2.55. The van der Waals surface area contributed by atoms with Crippen molar-refractivity contribution in [2.45, 2.75) is 27.2 Å². The minimum Gasteiger partial charge on any atom is -0.0854 e. The largest absolute Gasteiger partial charge is 0.0854 e. The molecule has 0 radical (unpaired) electrons. The van der Waals surface area contributed by atoms with E-state index in [1.807, 2.05) is 0 Å². The average Bonchev–Trinajstić information content (AvgIpc) is 1.80. The van der Waals surface area contributed by atoms with Gasteiger partial charge in [-0.2, -0.15) is 0 Å². The molecule has 0 heterocycles. The van der Waals surface area contributed by atoms with Gasteiger partial charge in [0.15, 0.2) is 0 Å². The highest BCUT2D eigenvalue weighted by atomic mass is 14.2. The van der Waals surface area contributed by atoms with Crippen LogP contribution in [0.25, 0.3) is 0 Å². The Kier molecular flexibility index (Phi) is 1.94. The van der Waals surface area contributed by atoms with Crippen molar-refractivity contribution in [3.8, 4) is 0 Å². The van der Waals surface area contributed by atoms with Gasteiger partial charge in [0.1, 0.15) is 0 Å². The summed E-state index contributed by atoms with van der Waals surface area (Å²) in [6.07, 6.45) is 6.06. The Bertz CT molecular complexity index is 113. The zero-order valence-electron chi connectivity index (χ0n) is 6.59. The van der Waals surface area contributed by atoms with E-state index < -0.39 is 0 Å². The van der Waals surface area contributed by atoms with E-state index >= 15 is 0 Å². The molecule has 0 spiro atoms. The molecule has 0 amide bonds. The predicted octanol–water partition coefficient (Wildman–Crippen LogP) is 2.85. The topological polar surface area (TPSA) is 0 Å². The van der Waals surface area contributed by atoms with Gasteiger partial charge >= 0.3 is 0 Å². The summed E-state index contributed by atoms with van der Waals surface area (Å²) in [4.78, 5) is 0. The smallest absolute Gasteiger partial charge is 0.0236 e. The van der Waals surface area contributed by atoms with Crippen LogP contribution in [0.4, 0.5) is 0 Å². The minimum atomic E-state index is 0.807. The first-order chi connectivity index (χ1) is 4.20. The van der Waals surface area contributed by atoms with Crippen LogP contribution in [0.3, 0.4) is 0 Å². The molecule has 0 fully saturated rings. The maximum atomic E-state index is 2.35. The molecule has 0 nitrogen and oxygen atoms in total. The standard InChI is InChI=1S/C9H16/c1-7-4-5-8(2)9(3)6-7/h4-5,7-9H,6H2,1-3H3/t7-,8-,9-/m1/s1. The van der Waals surface area contributed by atoms with E-state index in [1.165, 1.54) is 6.42 Å². The molecule has 52 valence electrons. The molecule has 0 saturated carbocycles. The molecule has 0 aromatic carbocycles. The summed E-state index contributed by atoms with van der Waals surface area (Å²) in [5, 5.41) is 0. The van der Waals surface area contributed by atoms with Crippen molar-refractivity contribution in [1.29, 1.82) is 0 Å². The minimum absolute atomic E-state index is 0.807. The molecule has 9 heavy (non-hydrogen) atoms. The summed E-state index contributed by atoms with van der Waals surface area (Å²) < 4.78 is 0. The van der Waals surface area contributed by atoms with Crippen LogP contribution >= 0.6 is 0 Å². The molecule has 0 aromatic rings. The van der Waals surface area contributed by atoms with Gasteiger partial charge in [0.2, 0.25) is 0 Å². The van der Waals surface area contributed by atoms with Crippen LogP contribution in [-0.2, 0) is 0 Å². The zero-order valence-corrected chi connectivity index (χ0v) is 6.59. The van der Waals surface area contributed by atoms with E-state index in [1.54, 1.807) is 0 Å². The van der Waals surface area contributed by atoms with Crippen LogP contribution in [0.1, 0.15) is 27.2 Å². The monoisotopic (exact) mass is 124 g/mol. The second-order valence-corrected chi connectivity index (χ2v) is 3.43. The van der Waals surface area contributed by atoms with Gasteiger partial charge in [-0.25, -0.2) is 0 Å². The van der Waals surface area contributed by atoms with Crippen molar-refractivity contribution < 1.29 is 0 Å². The van der Waals surface area contributed by atoms with E-state index in [0.717, 1.165) is 17.8 Å². The summed E-state index contributed by atoms with van der Waals surface area (Å²) >= 11 is 0. The molecule has 0 saturated heterocycles. The lowest BCUT2D eigenvalue weighted by atomic mass is 9.82. The molecule has 0 aliphatic heterocycles. The van der Waals surface area contributed by atoms with Crippen LogP contribution < -0.4 is 0 Å². The predicted molar refractivity (Wildman–Crippen MR) is 41.2 cm³/mol. The summed E-state index contributed by atoms with van der Waals surface area (Å²) in [6, 6.07) is 0. The van der Waals surface area contributed by atoms with Crippen LogP contribution in [0.5, 0.6) is 0 Å². The SMILES string of the molecule is C[C@@H]1C=C[C@@H](C)[C@H](C)C1. The average molecular weight is 124 g/mol. The van der Waals surface area contributed by atoms with Gasteiger partial charge < -0.3 is 0 Å². The Hall–Kier alpha value is -0.260. The lowest BCUT2D eigenvalue weighted by Gasteiger charge is -2.24. The molecule has 1 aliphatic carbocycles. The molecule has 0 unspecified atom stereocenters. The number of hydrogen-bond donors (Lipinski definition) is 0. The summed E-state index contributed by atoms with van der Waals surface area (Å²) in [6.45, 7) is 6.93. The Morgan fingerprint density at radius 1 is 1.11 bits per heavy atom. The van der Waals surface area contributed by atoms with E-state index in [0.29, 0.717) is 0 Å². The van der Waals surface area contributed by atoms with Crippen molar-refractivity contribution in [2.75, 3.05) is 0 Å². The van der Waals surface area contributed by atoms with E-state index in [4.69, 9.17) is 0 Å². The van der Waals surface area contributed by atoms with Crippen LogP contribution in [0, 0.1) is 17.8 Å². The molecule has 0 heteroatoms. The van der Waals surface area contributed by atoms with E-state index in [9.17, 15) is 0 Å². The first-order valence-corrected chi connectivity index (χ1v) is 3.88. The third-order valence-corrected chi connectivity index (χ3v) is 2.38. The highest BCUT2D eigenvalue weighted by molar-refractivity contribution is 4.97. The highest BCUT2D eigenvalue weighted by Gasteiger charge is 2.15. The lowest BCUT2D eigenvalue weighted by molar-refractivity contribution is 0.364. The molecule has 0 N–H and O–H groups in total. The van der Waals surface area contributed by atoms with Gasteiger partial charge in [-0.05, 0) is 24.2 Å². The number of rotatable bonds is 0. The van der Waals surface area contributed by atoms with Crippen molar-refractivity contribution in [3.63, 3.8) is 0 Å². The van der Waals surface area contributed by atoms with Crippen molar-refractivity contribution >= 4 is 0 Å². The van der Waals surface area contributed by atoms with Crippen molar-refractivity contribution in [2.24, 2.45) is 17.8 Å². The number of hydrogen-bond acceptors (Lipinski definition) is 0. The third-order valence-electron chi connectivity index (χ3n) is 2.38. The summed E-state index contributed by atoms with van der Waals surface area (Å²) in [5.74, 6) is 2.52. The Labute approximate surface area is 58.0 Å².